The Morgan fingerprint density at radius 1 is 1.44 bits per heavy atom. The second kappa shape index (κ2) is 6.42. The number of rotatable bonds is 6. The molecule has 2 atom stereocenters. The lowest BCUT2D eigenvalue weighted by atomic mass is 10.0. The van der Waals surface area contributed by atoms with Crippen molar-refractivity contribution in [2.45, 2.75) is 31.5 Å². The van der Waals surface area contributed by atoms with E-state index in [0.29, 0.717) is 13.2 Å². The zero-order valence-corrected chi connectivity index (χ0v) is 9.00. The van der Waals surface area contributed by atoms with Gasteiger partial charge in [0.05, 0.1) is 19.3 Å². The van der Waals surface area contributed by atoms with Gasteiger partial charge in [-0.3, -0.25) is 0 Å². The maximum atomic E-state index is 11.8. The fourth-order valence-electron chi connectivity index (χ4n) is 1.57. The fraction of sp³-hybridized carbons (Fsp3) is 1.00. The number of aliphatic hydroxyl groups excluding tert-OH is 1. The first-order valence-corrected chi connectivity index (χ1v) is 5.39. The lowest BCUT2D eigenvalue weighted by Gasteiger charge is -2.16. The molecule has 1 rings (SSSR count). The van der Waals surface area contributed by atoms with Crippen molar-refractivity contribution in [3.63, 3.8) is 0 Å². The fourth-order valence-corrected chi connectivity index (χ4v) is 1.57. The summed E-state index contributed by atoms with van der Waals surface area (Å²) in [6.45, 7) is 1.26. The maximum Gasteiger partial charge on any atom is 0.389 e. The monoisotopic (exact) mass is 242 g/mol. The molecule has 1 N–H and O–H groups in total. The normalized spacial score (nSPS) is 23.6. The Balaban J connectivity index is 1.98. The van der Waals surface area contributed by atoms with Crippen molar-refractivity contribution < 1.29 is 27.8 Å². The molecule has 1 aliphatic heterocycles. The van der Waals surface area contributed by atoms with E-state index in [-0.39, 0.29) is 25.6 Å². The van der Waals surface area contributed by atoms with Crippen LogP contribution in [-0.2, 0) is 9.47 Å². The zero-order chi connectivity index (χ0) is 12.0. The van der Waals surface area contributed by atoms with Crippen LogP contribution < -0.4 is 0 Å². The molecule has 96 valence electrons. The van der Waals surface area contributed by atoms with Crippen molar-refractivity contribution in [3.8, 4) is 0 Å². The Morgan fingerprint density at radius 3 is 2.75 bits per heavy atom. The van der Waals surface area contributed by atoms with E-state index >= 15 is 0 Å². The van der Waals surface area contributed by atoms with Crippen molar-refractivity contribution in [1.82, 2.24) is 0 Å². The van der Waals surface area contributed by atoms with Crippen LogP contribution in [0.5, 0.6) is 0 Å². The van der Waals surface area contributed by atoms with Gasteiger partial charge in [0.2, 0.25) is 0 Å². The molecular formula is C10H17F3O3. The minimum atomic E-state index is -4.12. The lowest BCUT2D eigenvalue weighted by molar-refractivity contribution is -0.138. The van der Waals surface area contributed by atoms with E-state index in [4.69, 9.17) is 9.47 Å². The molecule has 0 aromatic carbocycles. The highest BCUT2D eigenvalue weighted by atomic mass is 19.4. The van der Waals surface area contributed by atoms with E-state index in [1.54, 1.807) is 0 Å². The van der Waals surface area contributed by atoms with Crippen LogP contribution in [-0.4, -0.2) is 43.8 Å². The van der Waals surface area contributed by atoms with Gasteiger partial charge < -0.3 is 14.6 Å². The molecule has 3 nitrogen and oxygen atoms in total. The van der Waals surface area contributed by atoms with Gasteiger partial charge in [0.25, 0.3) is 0 Å². The molecule has 1 saturated heterocycles. The van der Waals surface area contributed by atoms with Gasteiger partial charge in [-0.05, 0) is 12.8 Å². The molecule has 1 heterocycles. The SMILES string of the molecule is OC(COCCCC(F)(F)F)C1CCOC1. The van der Waals surface area contributed by atoms with Crippen LogP contribution in [0.4, 0.5) is 13.2 Å². The molecule has 0 aliphatic carbocycles. The Labute approximate surface area is 92.5 Å². The third kappa shape index (κ3) is 5.67. The third-order valence-corrected chi connectivity index (χ3v) is 2.55. The van der Waals surface area contributed by atoms with E-state index in [1.807, 2.05) is 0 Å². The molecule has 0 aromatic rings. The molecular weight excluding hydrogens is 225 g/mol. The van der Waals surface area contributed by atoms with E-state index in [9.17, 15) is 18.3 Å². The lowest BCUT2D eigenvalue weighted by Crippen LogP contribution is -2.26. The Kier molecular flexibility index (Phi) is 5.51. The highest BCUT2D eigenvalue weighted by Crippen LogP contribution is 2.21. The highest BCUT2D eigenvalue weighted by molar-refractivity contribution is 4.72. The summed E-state index contributed by atoms with van der Waals surface area (Å²) in [5, 5.41) is 9.58. The first-order chi connectivity index (χ1) is 7.49. The summed E-state index contributed by atoms with van der Waals surface area (Å²) in [7, 11) is 0. The molecule has 0 amide bonds. The van der Waals surface area contributed by atoms with E-state index in [1.165, 1.54) is 0 Å². The number of ether oxygens (including phenoxy) is 2. The van der Waals surface area contributed by atoms with Gasteiger partial charge in [0.15, 0.2) is 0 Å². The zero-order valence-electron chi connectivity index (χ0n) is 9.00. The van der Waals surface area contributed by atoms with Crippen molar-refractivity contribution in [2.24, 2.45) is 5.92 Å². The van der Waals surface area contributed by atoms with E-state index in [0.717, 1.165) is 6.42 Å². The van der Waals surface area contributed by atoms with Gasteiger partial charge in [-0.1, -0.05) is 0 Å². The summed E-state index contributed by atoms with van der Waals surface area (Å²) < 4.78 is 45.4. The number of alkyl halides is 3. The standard InChI is InChI=1S/C10H17F3O3/c11-10(12,13)3-1-4-15-7-9(14)8-2-5-16-6-8/h8-9,14H,1-7H2. The second-order valence-corrected chi connectivity index (χ2v) is 3.98. The van der Waals surface area contributed by atoms with Crippen LogP contribution in [0.15, 0.2) is 0 Å². The summed E-state index contributed by atoms with van der Waals surface area (Å²) in [5.74, 6) is 0.0580. The van der Waals surface area contributed by atoms with Crippen LogP contribution in [0.1, 0.15) is 19.3 Å². The predicted molar refractivity (Wildman–Crippen MR) is 51.0 cm³/mol. The average Bonchev–Trinajstić information content (AvgIpc) is 2.67. The van der Waals surface area contributed by atoms with Crippen molar-refractivity contribution in [3.05, 3.63) is 0 Å². The van der Waals surface area contributed by atoms with Crippen LogP contribution in [0.2, 0.25) is 0 Å². The number of hydrogen-bond acceptors (Lipinski definition) is 3. The smallest absolute Gasteiger partial charge is 0.389 e. The molecule has 1 fully saturated rings. The molecule has 0 spiro atoms. The van der Waals surface area contributed by atoms with Gasteiger partial charge in [-0.15, -0.1) is 0 Å². The molecule has 1 aliphatic rings. The number of aliphatic hydroxyl groups is 1. The molecule has 0 saturated carbocycles. The second-order valence-electron chi connectivity index (χ2n) is 3.98. The first kappa shape index (κ1) is 13.7. The van der Waals surface area contributed by atoms with Crippen molar-refractivity contribution in [1.29, 1.82) is 0 Å². The van der Waals surface area contributed by atoms with Crippen LogP contribution in [0.25, 0.3) is 0 Å². The third-order valence-electron chi connectivity index (χ3n) is 2.55. The average molecular weight is 242 g/mol. The van der Waals surface area contributed by atoms with Crippen molar-refractivity contribution in [2.75, 3.05) is 26.4 Å². The summed E-state index contributed by atoms with van der Waals surface area (Å²) in [6.07, 6.45) is -4.87. The predicted octanol–water partition coefficient (Wildman–Crippen LogP) is 1.74. The van der Waals surface area contributed by atoms with Crippen LogP contribution in [0, 0.1) is 5.92 Å². The van der Waals surface area contributed by atoms with Gasteiger partial charge >= 0.3 is 6.18 Å². The summed E-state index contributed by atoms with van der Waals surface area (Å²) in [6, 6.07) is 0. The van der Waals surface area contributed by atoms with E-state index < -0.39 is 18.7 Å². The van der Waals surface area contributed by atoms with Gasteiger partial charge in [0, 0.05) is 25.6 Å². The quantitative estimate of drug-likeness (QED) is 0.721. The molecule has 6 heteroatoms. The minimum Gasteiger partial charge on any atom is -0.390 e. The van der Waals surface area contributed by atoms with Crippen LogP contribution >= 0.6 is 0 Å². The Hall–Kier alpha value is -0.330. The molecule has 0 radical (unpaired) electrons. The molecule has 0 aromatic heterocycles. The maximum absolute atomic E-state index is 11.8. The molecule has 2 unspecified atom stereocenters. The Morgan fingerprint density at radius 2 is 2.19 bits per heavy atom. The number of hydrogen-bond donors (Lipinski definition) is 1. The van der Waals surface area contributed by atoms with Crippen molar-refractivity contribution >= 4 is 0 Å². The Bertz CT molecular complexity index is 190. The highest BCUT2D eigenvalue weighted by Gasteiger charge is 2.26. The summed E-state index contributed by atoms with van der Waals surface area (Å²) in [5.41, 5.74) is 0. The molecule has 0 bridgehead atoms. The van der Waals surface area contributed by atoms with Crippen LogP contribution in [0.3, 0.4) is 0 Å². The first-order valence-electron chi connectivity index (χ1n) is 5.39. The van der Waals surface area contributed by atoms with Gasteiger partial charge in [-0.25, -0.2) is 0 Å². The number of halogens is 3. The largest absolute Gasteiger partial charge is 0.390 e. The summed E-state index contributed by atoms with van der Waals surface area (Å²) >= 11 is 0. The van der Waals surface area contributed by atoms with E-state index in [2.05, 4.69) is 0 Å². The molecule has 16 heavy (non-hydrogen) atoms. The summed E-state index contributed by atoms with van der Waals surface area (Å²) in [4.78, 5) is 0. The topological polar surface area (TPSA) is 38.7 Å². The van der Waals surface area contributed by atoms with Gasteiger partial charge in [-0.2, -0.15) is 13.2 Å². The van der Waals surface area contributed by atoms with Gasteiger partial charge in [0.1, 0.15) is 0 Å². The minimum absolute atomic E-state index is 0.0319.